The standard InChI is InChI=1S/C19H17F3N2O2/c20-14-3-1-2-13(10-14)19(26)24-8-6-12(7-9-24)18(25)23-17-5-4-15(21)11-16(17)22/h1-5,10-12H,6-9H2,(H,23,25). The van der Waals surface area contributed by atoms with Gasteiger partial charge in [0.05, 0.1) is 5.69 Å². The van der Waals surface area contributed by atoms with Crippen LogP contribution in [-0.2, 0) is 4.79 Å². The highest BCUT2D eigenvalue weighted by Crippen LogP contribution is 2.22. The monoisotopic (exact) mass is 362 g/mol. The van der Waals surface area contributed by atoms with E-state index in [0.29, 0.717) is 32.0 Å². The molecule has 1 heterocycles. The number of hydrogen-bond donors (Lipinski definition) is 1. The highest BCUT2D eigenvalue weighted by atomic mass is 19.1. The number of benzene rings is 2. The number of carbonyl (C=O) groups excluding carboxylic acids is 2. The molecule has 0 radical (unpaired) electrons. The Bertz CT molecular complexity index is 833. The third-order valence-corrected chi connectivity index (χ3v) is 4.41. The molecule has 26 heavy (non-hydrogen) atoms. The molecule has 2 aromatic rings. The van der Waals surface area contributed by atoms with Crippen molar-refractivity contribution in [1.82, 2.24) is 4.90 Å². The van der Waals surface area contributed by atoms with E-state index in [9.17, 15) is 22.8 Å². The largest absolute Gasteiger partial charge is 0.339 e. The van der Waals surface area contributed by atoms with Gasteiger partial charge in [0.25, 0.3) is 5.91 Å². The molecule has 0 aliphatic carbocycles. The van der Waals surface area contributed by atoms with Gasteiger partial charge in [-0.25, -0.2) is 13.2 Å². The molecule has 1 aliphatic rings. The zero-order valence-electron chi connectivity index (χ0n) is 13.8. The summed E-state index contributed by atoms with van der Waals surface area (Å²) in [6, 6.07) is 8.40. The summed E-state index contributed by atoms with van der Waals surface area (Å²) >= 11 is 0. The van der Waals surface area contributed by atoms with Crippen molar-refractivity contribution in [2.75, 3.05) is 18.4 Å². The Labute approximate surface area is 148 Å². The zero-order valence-corrected chi connectivity index (χ0v) is 13.8. The van der Waals surface area contributed by atoms with Gasteiger partial charge in [0, 0.05) is 30.6 Å². The van der Waals surface area contributed by atoms with E-state index in [0.717, 1.165) is 6.07 Å². The lowest BCUT2D eigenvalue weighted by Crippen LogP contribution is -2.41. The minimum Gasteiger partial charge on any atom is -0.339 e. The summed E-state index contributed by atoms with van der Waals surface area (Å²) in [5, 5.41) is 2.46. The highest BCUT2D eigenvalue weighted by Gasteiger charge is 2.28. The summed E-state index contributed by atoms with van der Waals surface area (Å²) in [7, 11) is 0. The highest BCUT2D eigenvalue weighted by molar-refractivity contribution is 5.95. The minimum absolute atomic E-state index is 0.0744. The molecule has 1 fully saturated rings. The summed E-state index contributed by atoms with van der Waals surface area (Å²) in [5.41, 5.74) is 0.191. The summed E-state index contributed by atoms with van der Waals surface area (Å²) in [6.45, 7) is 0.693. The fourth-order valence-corrected chi connectivity index (χ4v) is 2.97. The number of hydrogen-bond acceptors (Lipinski definition) is 2. The lowest BCUT2D eigenvalue weighted by molar-refractivity contribution is -0.121. The van der Waals surface area contributed by atoms with Gasteiger partial charge in [-0.2, -0.15) is 0 Å². The van der Waals surface area contributed by atoms with Gasteiger partial charge in [0.2, 0.25) is 5.91 Å². The van der Waals surface area contributed by atoms with Crippen LogP contribution in [0.4, 0.5) is 18.9 Å². The number of halogens is 3. The maximum absolute atomic E-state index is 13.6. The fraction of sp³-hybridized carbons (Fsp3) is 0.263. The number of amides is 2. The lowest BCUT2D eigenvalue weighted by Gasteiger charge is -2.31. The van der Waals surface area contributed by atoms with Gasteiger partial charge >= 0.3 is 0 Å². The molecule has 0 saturated carbocycles. The number of rotatable bonds is 3. The summed E-state index contributed by atoms with van der Waals surface area (Å²) in [4.78, 5) is 26.2. The molecule has 3 rings (SSSR count). The van der Waals surface area contributed by atoms with Crippen molar-refractivity contribution in [3.05, 3.63) is 65.5 Å². The molecule has 0 aromatic heterocycles. The zero-order chi connectivity index (χ0) is 18.7. The van der Waals surface area contributed by atoms with E-state index < -0.39 is 17.5 Å². The Kier molecular flexibility index (Phi) is 5.25. The van der Waals surface area contributed by atoms with Crippen molar-refractivity contribution in [3.8, 4) is 0 Å². The molecule has 1 saturated heterocycles. The Hall–Kier alpha value is -2.83. The Morgan fingerprint density at radius 2 is 1.65 bits per heavy atom. The molecule has 1 N–H and O–H groups in total. The number of nitrogens with zero attached hydrogens (tertiary/aromatic N) is 1. The topological polar surface area (TPSA) is 49.4 Å². The average Bonchev–Trinajstić information content (AvgIpc) is 2.63. The van der Waals surface area contributed by atoms with Crippen molar-refractivity contribution < 1.29 is 22.8 Å². The van der Waals surface area contributed by atoms with Crippen molar-refractivity contribution in [3.63, 3.8) is 0 Å². The third kappa shape index (κ3) is 4.04. The first-order valence-electron chi connectivity index (χ1n) is 8.25. The van der Waals surface area contributed by atoms with Gasteiger partial charge < -0.3 is 10.2 Å². The molecule has 136 valence electrons. The fourth-order valence-electron chi connectivity index (χ4n) is 2.97. The van der Waals surface area contributed by atoms with Crippen LogP contribution in [-0.4, -0.2) is 29.8 Å². The van der Waals surface area contributed by atoms with E-state index in [1.54, 1.807) is 11.0 Å². The average molecular weight is 362 g/mol. The summed E-state index contributed by atoms with van der Waals surface area (Å²) in [6.07, 6.45) is 0.825. The maximum atomic E-state index is 13.6. The molecular weight excluding hydrogens is 345 g/mol. The first-order valence-corrected chi connectivity index (χ1v) is 8.25. The number of anilines is 1. The predicted octanol–water partition coefficient (Wildman–Crippen LogP) is 3.59. The summed E-state index contributed by atoms with van der Waals surface area (Å²) in [5.74, 6) is -3.06. The number of carbonyl (C=O) groups is 2. The van der Waals surface area contributed by atoms with E-state index in [-0.39, 0.29) is 29.0 Å². The minimum atomic E-state index is -0.836. The van der Waals surface area contributed by atoms with Crippen LogP contribution < -0.4 is 5.32 Å². The van der Waals surface area contributed by atoms with Crippen LogP contribution in [0.3, 0.4) is 0 Å². The number of nitrogens with one attached hydrogen (secondary N) is 1. The Balaban J connectivity index is 1.57. The van der Waals surface area contributed by atoms with E-state index >= 15 is 0 Å². The molecule has 2 amide bonds. The molecule has 2 aromatic carbocycles. The molecule has 0 spiro atoms. The van der Waals surface area contributed by atoms with Gasteiger partial charge in [0.1, 0.15) is 17.5 Å². The number of likely N-dealkylation sites (tertiary alicyclic amines) is 1. The predicted molar refractivity (Wildman–Crippen MR) is 90.0 cm³/mol. The third-order valence-electron chi connectivity index (χ3n) is 4.41. The van der Waals surface area contributed by atoms with Gasteiger partial charge in [0.15, 0.2) is 0 Å². The molecule has 0 unspecified atom stereocenters. The quantitative estimate of drug-likeness (QED) is 0.907. The molecule has 7 heteroatoms. The van der Waals surface area contributed by atoms with E-state index in [2.05, 4.69) is 5.32 Å². The van der Waals surface area contributed by atoms with Crippen molar-refractivity contribution in [1.29, 1.82) is 0 Å². The first kappa shape index (κ1) is 18.0. The molecule has 0 atom stereocenters. The van der Waals surface area contributed by atoms with Gasteiger partial charge in [-0.15, -0.1) is 0 Å². The first-order chi connectivity index (χ1) is 12.4. The van der Waals surface area contributed by atoms with Crippen LogP contribution in [0.25, 0.3) is 0 Å². The molecular formula is C19H17F3N2O2. The van der Waals surface area contributed by atoms with Crippen LogP contribution in [0.5, 0.6) is 0 Å². The number of piperidine rings is 1. The van der Waals surface area contributed by atoms with Crippen molar-refractivity contribution >= 4 is 17.5 Å². The van der Waals surface area contributed by atoms with E-state index in [4.69, 9.17) is 0 Å². The van der Waals surface area contributed by atoms with E-state index in [1.807, 2.05) is 0 Å². The van der Waals surface area contributed by atoms with Crippen molar-refractivity contribution in [2.24, 2.45) is 5.92 Å². The second kappa shape index (κ2) is 7.59. The van der Waals surface area contributed by atoms with Crippen LogP contribution >= 0.6 is 0 Å². The Morgan fingerprint density at radius 1 is 0.962 bits per heavy atom. The van der Waals surface area contributed by atoms with Crippen LogP contribution in [0, 0.1) is 23.4 Å². The molecule has 1 aliphatic heterocycles. The second-order valence-corrected chi connectivity index (χ2v) is 6.19. The normalized spacial score (nSPS) is 15.0. The second-order valence-electron chi connectivity index (χ2n) is 6.19. The van der Waals surface area contributed by atoms with Crippen molar-refractivity contribution in [2.45, 2.75) is 12.8 Å². The Morgan fingerprint density at radius 3 is 2.31 bits per heavy atom. The molecule has 4 nitrogen and oxygen atoms in total. The van der Waals surface area contributed by atoms with Crippen LogP contribution in [0.2, 0.25) is 0 Å². The molecule has 0 bridgehead atoms. The van der Waals surface area contributed by atoms with Gasteiger partial charge in [-0.05, 0) is 43.2 Å². The van der Waals surface area contributed by atoms with E-state index in [1.165, 1.54) is 24.3 Å². The summed E-state index contributed by atoms with van der Waals surface area (Å²) < 4.78 is 39.8. The van der Waals surface area contributed by atoms with Gasteiger partial charge in [-0.1, -0.05) is 6.07 Å². The smallest absolute Gasteiger partial charge is 0.253 e. The lowest BCUT2D eigenvalue weighted by atomic mass is 9.95. The SMILES string of the molecule is O=C(Nc1ccc(F)cc1F)C1CCN(C(=O)c2cccc(F)c2)CC1. The van der Waals surface area contributed by atoms with Crippen LogP contribution in [0.15, 0.2) is 42.5 Å². The maximum Gasteiger partial charge on any atom is 0.253 e. The van der Waals surface area contributed by atoms with Crippen LogP contribution in [0.1, 0.15) is 23.2 Å². The van der Waals surface area contributed by atoms with Gasteiger partial charge in [-0.3, -0.25) is 9.59 Å².